The third-order valence-electron chi connectivity index (χ3n) is 4.65. The molecule has 0 aliphatic carbocycles. The Balaban J connectivity index is 2.00. The van der Waals surface area contributed by atoms with Crippen molar-refractivity contribution in [3.63, 3.8) is 0 Å². The summed E-state index contributed by atoms with van der Waals surface area (Å²) in [5.41, 5.74) is -1.26. The van der Waals surface area contributed by atoms with Crippen molar-refractivity contribution in [2.45, 2.75) is 31.0 Å². The number of carbonyl (C=O) groups is 1. The summed E-state index contributed by atoms with van der Waals surface area (Å²) in [5.74, 6) is -0.313. The maximum Gasteiger partial charge on any atom is 0.416 e. The third kappa shape index (κ3) is 6.67. The van der Waals surface area contributed by atoms with Gasteiger partial charge in [-0.3, -0.25) is 9.10 Å². The van der Waals surface area contributed by atoms with E-state index in [0.29, 0.717) is 21.8 Å². The lowest BCUT2D eigenvalue weighted by Crippen LogP contribution is -2.38. The summed E-state index contributed by atoms with van der Waals surface area (Å²) in [6.45, 7) is 2.83. The quantitative estimate of drug-likeness (QED) is 0.392. The van der Waals surface area contributed by atoms with Crippen LogP contribution in [0.3, 0.4) is 0 Å². The summed E-state index contributed by atoms with van der Waals surface area (Å²) >= 11 is 6.13. The smallest absolute Gasteiger partial charge is 0.416 e. The van der Waals surface area contributed by atoms with E-state index in [9.17, 15) is 26.4 Å². The summed E-state index contributed by atoms with van der Waals surface area (Å²) in [6, 6.07) is 15.8. The molecule has 0 radical (unpaired) electrons. The minimum absolute atomic E-state index is 0.115. The van der Waals surface area contributed by atoms with Crippen molar-refractivity contribution in [1.82, 2.24) is 0 Å². The van der Waals surface area contributed by atoms with Crippen molar-refractivity contribution in [1.29, 1.82) is 0 Å². The second-order valence-electron chi connectivity index (χ2n) is 7.73. The zero-order valence-electron chi connectivity index (χ0n) is 18.7. The highest BCUT2D eigenvalue weighted by Gasteiger charge is 2.34. The van der Waals surface area contributed by atoms with Gasteiger partial charge in [0.1, 0.15) is 12.3 Å². The Labute approximate surface area is 206 Å². The van der Waals surface area contributed by atoms with Gasteiger partial charge in [-0.25, -0.2) is 8.42 Å². The first kappa shape index (κ1) is 26.4. The van der Waals surface area contributed by atoms with Gasteiger partial charge in [0.2, 0.25) is 5.91 Å². The van der Waals surface area contributed by atoms with E-state index in [2.05, 4.69) is 5.32 Å². The number of nitrogens with zero attached hydrogens (tertiary/aromatic N) is 1. The van der Waals surface area contributed by atoms with E-state index in [1.807, 2.05) is 13.8 Å². The van der Waals surface area contributed by atoms with Crippen LogP contribution in [0.1, 0.15) is 19.4 Å². The molecule has 3 aromatic rings. The first-order chi connectivity index (χ1) is 16.4. The van der Waals surface area contributed by atoms with Gasteiger partial charge < -0.3 is 10.1 Å². The SMILES string of the molecule is CC(C)Oc1cccc(NC(=O)CN(c2cc(C(F)(F)F)ccc2Cl)S(=O)(=O)c2ccccc2)c1. The molecule has 0 heterocycles. The van der Waals surface area contributed by atoms with Crippen molar-refractivity contribution in [2.24, 2.45) is 0 Å². The maximum atomic E-state index is 13.4. The van der Waals surface area contributed by atoms with Crippen LogP contribution in [0.4, 0.5) is 24.5 Å². The van der Waals surface area contributed by atoms with Gasteiger partial charge in [-0.05, 0) is 56.3 Å². The lowest BCUT2D eigenvalue weighted by Gasteiger charge is -2.26. The van der Waals surface area contributed by atoms with E-state index in [1.165, 1.54) is 24.3 Å². The van der Waals surface area contributed by atoms with Gasteiger partial charge in [0, 0.05) is 11.8 Å². The van der Waals surface area contributed by atoms with Crippen LogP contribution in [0.5, 0.6) is 5.75 Å². The Morgan fingerprint density at radius 3 is 2.34 bits per heavy atom. The largest absolute Gasteiger partial charge is 0.491 e. The van der Waals surface area contributed by atoms with Gasteiger partial charge in [-0.2, -0.15) is 13.2 Å². The molecular weight excluding hydrogens is 505 g/mol. The third-order valence-corrected chi connectivity index (χ3v) is 6.74. The summed E-state index contributed by atoms with van der Waals surface area (Å²) < 4.78 is 73.0. The highest BCUT2D eigenvalue weighted by atomic mass is 35.5. The van der Waals surface area contributed by atoms with Crippen molar-refractivity contribution in [3.8, 4) is 5.75 Å². The zero-order valence-corrected chi connectivity index (χ0v) is 20.3. The number of nitrogens with one attached hydrogen (secondary N) is 1. The fraction of sp³-hybridized carbons (Fsp3) is 0.208. The standard InChI is InChI=1S/C24H22ClF3N2O4S/c1-16(2)34-19-8-6-7-18(14-19)29-23(31)15-30(35(32,33)20-9-4-3-5-10-20)22-13-17(24(26,27)28)11-12-21(22)25/h3-14,16H,15H2,1-2H3,(H,29,31). The van der Waals surface area contributed by atoms with Gasteiger partial charge in [-0.15, -0.1) is 0 Å². The van der Waals surface area contributed by atoms with Gasteiger partial charge in [0.05, 0.1) is 27.3 Å². The number of ether oxygens (including phenoxy) is 1. The molecular formula is C24H22ClF3N2O4S. The van der Waals surface area contributed by atoms with Crippen molar-refractivity contribution in [2.75, 3.05) is 16.2 Å². The minimum Gasteiger partial charge on any atom is -0.491 e. The minimum atomic E-state index is -4.75. The first-order valence-electron chi connectivity index (χ1n) is 10.4. The van der Waals surface area contributed by atoms with E-state index < -0.39 is 39.9 Å². The molecule has 3 rings (SSSR count). The Kier molecular flexibility index (Phi) is 7.97. The molecule has 186 valence electrons. The molecule has 0 aliphatic heterocycles. The van der Waals surface area contributed by atoms with E-state index in [-0.39, 0.29) is 16.0 Å². The van der Waals surface area contributed by atoms with E-state index >= 15 is 0 Å². The number of sulfonamides is 1. The number of carbonyl (C=O) groups excluding carboxylic acids is 1. The molecule has 1 N–H and O–H groups in total. The van der Waals surface area contributed by atoms with Crippen LogP contribution in [-0.4, -0.2) is 27.0 Å². The highest BCUT2D eigenvalue weighted by molar-refractivity contribution is 7.92. The molecule has 0 unspecified atom stereocenters. The Bertz CT molecular complexity index is 1300. The highest BCUT2D eigenvalue weighted by Crippen LogP contribution is 2.37. The zero-order chi connectivity index (χ0) is 25.8. The van der Waals surface area contributed by atoms with Crippen molar-refractivity contribution >= 4 is 38.9 Å². The molecule has 0 spiro atoms. The molecule has 0 aromatic heterocycles. The number of rotatable bonds is 8. The number of anilines is 2. The van der Waals surface area contributed by atoms with Crippen molar-refractivity contribution < 1.29 is 31.1 Å². The molecule has 3 aromatic carbocycles. The van der Waals surface area contributed by atoms with Gasteiger partial charge in [0.15, 0.2) is 0 Å². The number of amides is 1. The molecule has 0 fully saturated rings. The average molecular weight is 527 g/mol. The number of alkyl halides is 3. The number of halogens is 4. The molecule has 11 heteroatoms. The maximum absolute atomic E-state index is 13.4. The van der Waals surface area contributed by atoms with Crippen LogP contribution < -0.4 is 14.4 Å². The van der Waals surface area contributed by atoms with Crippen LogP contribution >= 0.6 is 11.6 Å². The molecule has 0 saturated heterocycles. The number of benzene rings is 3. The molecule has 0 bridgehead atoms. The topological polar surface area (TPSA) is 75.7 Å². The summed E-state index contributed by atoms with van der Waals surface area (Å²) in [4.78, 5) is 12.7. The second-order valence-corrected chi connectivity index (χ2v) is 10.0. The van der Waals surface area contributed by atoms with Crippen LogP contribution in [0.25, 0.3) is 0 Å². The number of hydrogen-bond donors (Lipinski definition) is 1. The van der Waals surface area contributed by atoms with E-state index in [0.717, 1.165) is 12.1 Å². The lowest BCUT2D eigenvalue weighted by molar-refractivity contribution is -0.137. The van der Waals surface area contributed by atoms with Gasteiger partial charge in [-0.1, -0.05) is 35.9 Å². The van der Waals surface area contributed by atoms with Crippen molar-refractivity contribution in [3.05, 3.63) is 83.4 Å². The Morgan fingerprint density at radius 2 is 1.71 bits per heavy atom. The van der Waals surface area contributed by atoms with Crippen LogP contribution in [0.15, 0.2) is 77.7 Å². The predicted molar refractivity (Wildman–Crippen MR) is 128 cm³/mol. The second kappa shape index (κ2) is 10.6. The van der Waals surface area contributed by atoms with E-state index in [4.69, 9.17) is 16.3 Å². The lowest BCUT2D eigenvalue weighted by atomic mass is 10.2. The molecule has 0 atom stereocenters. The Morgan fingerprint density at radius 1 is 1.03 bits per heavy atom. The fourth-order valence-corrected chi connectivity index (χ4v) is 4.87. The van der Waals surface area contributed by atoms with Gasteiger partial charge in [0.25, 0.3) is 10.0 Å². The molecule has 0 aliphatic rings. The molecule has 0 saturated carbocycles. The van der Waals surface area contributed by atoms with Crippen LogP contribution in [0.2, 0.25) is 5.02 Å². The van der Waals surface area contributed by atoms with Gasteiger partial charge >= 0.3 is 6.18 Å². The van der Waals surface area contributed by atoms with E-state index in [1.54, 1.807) is 30.3 Å². The average Bonchev–Trinajstić information content (AvgIpc) is 2.77. The summed E-state index contributed by atoms with van der Waals surface area (Å²) in [6.07, 6.45) is -4.86. The molecule has 6 nitrogen and oxygen atoms in total. The Hall–Kier alpha value is -3.24. The molecule has 35 heavy (non-hydrogen) atoms. The normalized spacial score (nSPS) is 11.9. The van der Waals surface area contributed by atoms with Crippen LogP contribution in [0, 0.1) is 0 Å². The molecule has 1 amide bonds. The van der Waals surface area contributed by atoms with Crippen LogP contribution in [-0.2, 0) is 21.0 Å². The summed E-state index contributed by atoms with van der Waals surface area (Å²) in [5, 5.41) is 2.29. The number of hydrogen-bond acceptors (Lipinski definition) is 4. The fourth-order valence-electron chi connectivity index (χ4n) is 3.15. The first-order valence-corrected chi connectivity index (χ1v) is 12.2. The summed E-state index contributed by atoms with van der Waals surface area (Å²) in [7, 11) is -4.45. The monoisotopic (exact) mass is 526 g/mol. The predicted octanol–water partition coefficient (Wildman–Crippen LogP) is 5.98.